The van der Waals surface area contributed by atoms with Crippen LogP contribution in [0.15, 0.2) is 36.4 Å². The number of alkyl halides is 12. The Morgan fingerprint density at radius 3 is 1.19 bits per heavy atom. The molecule has 0 aromatic heterocycles. The van der Waals surface area contributed by atoms with Gasteiger partial charge in [0.1, 0.15) is 11.5 Å². The molecule has 79 heavy (non-hydrogen) atoms. The van der Waals surface area contributed by atoms with Crippen molar-refractivity contribution in [3.8, 4) is 11.5 Å². The Bertz CT molecular complexity index is 2680. The van der Waals surface area contributed by atoms with Crippen LogP contribution in [0.25, 0.3) is 0 Å². The van der Waals surface area contributed by atoms with Crippen LogP contribution in [-0.2, 0) is 52.2 Å². The smallest absolute Gasteiger partial charge is 0.434 e. The number of nitrogens with one attached hydrogen (secondary N) is 1. The van der Waals surface area contributed by atoms with Crippen LogP contribution < -0.4 is 19.3 Å². The fourth-order valence-electron chi connectivity index (χ4n) is 7.17. The number of nitrogens with zero attached hydrogens (tertiary/aromatic N) is 4. The molecular weight excluding hydrogens is 1160 g/mol. The van der Waals surface area contributed by atoms with Crippen LogP contribution in [0.3, 0.4) is 0 Å². The minimum Gasteiger partial charge on any atom is -0.478 e. The molecule has 2 saturated heterocycles. The number of nitrogens with two attached hydrogens (primary N) is 1. The Hall–Kier alpha value is -5.05. The topological polar surface area (TPSA) is 224 Å². The zero-order valence-electron chi connectivity index (χ0n) is 43.2. The highest BCUT2D eigenvalue weighted by Gasteiger charge is 2.61. The molecular formula is C46H59ClF12N6O12S2. The number of amides is 3. The standard InChI is InChI=1S/C23H29F6N3O6S.C20H23ClF6N2O4.C3H7NO2S/c1-14-4-5-15(17(12-14)38-21(2,3)19(33)30-39(35,36)16-6-7-16)13-31-8-10-32(11-9-31)20(34)37-18(22(24,25)26)23(27,28)29;1-12-4-5-13(14(10-12)33-18(2,3)16(21)30)11-28-6-8-29(9-7-28)17(31)32-15(19(22,23)24)20(25,26)27;4-7(5,6)3-1-2-3/h4-5,12,16,18H,6-11,13H2,1-3H3,(H,30,33);4-5,10,15H,6-9,11H2,1-3H3;3H,1-2H2,(H2,4,5,6). The van der Waals surface area contributed by atoms with Crippen molar-refractivity contribution in [1.29, 1.82) is 0 Å². The predicted octanol–water partition coefficient (Wildman–Crippen LogP) is 7.61. The molecule has 2 aliphatic heterocycles. The van der Waals surface area contributed by atoms with Gasteiger partial charge >= 0.3 is 36.9 Å². The number of aryl methyl sites for hydroxylation is 2. The number of carbonyl (C=O) groups excluding carboxylic acids is 4. The van der Waals surface area contributed by atoms with Crippen molar-refractivity contribution in [2.24, 2.45) is 5.14 Å². The lowest BCUT2D eigenvalue weighted by Crippen LogP contribution is -2.52. The molecule has 0 bridgehead atoms. The van der Waals surface area contributed by atoms with Gasteiger partial charge in [0, 0.05) is 76.6 Å². The number of primary sulfonamides is 1. The Kier molecular flexibility index (Phi) is 21.4. The van der Waals surface area contributed by atoms with Crippen molar-refractivity contribution < 1.29 is 108 Å². The van der Waals surface area contributed by atoms with Gasteiger partial charge in [-0.1, -0.05) is 24.3 Å². The first-order chi connectivity index (χ1) is 35.9. The summed E-state index contributed by atoms with van der Waals surface area (Å²) >= 11 is 5.58. The molecule has 448 valence electrons. The van der Waals surface area contributed by atoms with Gasteiger partial charge in [0.15, 0.2) is 11.2 Å². The fraction of sp³-hybridized carbons (Fsp3) is 0.652. The molecule has 0 radical (unpaired) electrons. The average molecular weight is 1220 g/mol. The van der Waals surface area contributed by atoms with Crippen molar-refractivity contribution in [2.75, 3.05) is 52.4 Å². The maximum absolute atomic E-state index is 12.7. The quantitative estimate of drug-likeness (QED) is 0.129. The van der Waals surface area contributed by atoms with Crippen LogP contribution in [0.5, 0.6) is 11.5 Å². The first kappa shape index (κ1) is 66.5. The van der Waals surface area contributed by atoms with Gasteiger partial charge in [0.2, 0.25) is 20.0 Å². The van der Waals surface area contributed by atoms with Gasteiger partial charge in [0.25, 0.3) is 23.4 Å². The minimum absolute atomic E-state index is 0.106. The van der Waals surface area contributed by atoms with Gasteiger partial charge in [-0.25, -0.2) is 36.3 Å². The van der Waals surface area contributed by atoms with Crippen LogP contribution in [0.4, 0.5) is 62.3 Å². The third-order valence-corrected chi connectivity index (χ3v) is 15.7. The van der Waals surface area contributed by atoms with Crippen LogP contribution >= 0.6 is 11.6 Å². The molecule has 3 N–H and O–H groups in total. The summed E-state index contributed by atoms with van der Waals surface area (Å²) in [5.74, 6) is -0.141. The van der Waals surface area contributed by atoms with E-state index in [1.165, 1.54) is 27.7 Å². The molecule has 0 unspecified atom stereocenters. The van der Waals surface area contributed by atoms with Crippen LogP contribution in [0.1, 0.15) is 75.6 Å². The molecule has 33 heteroatoms. The summed E-state index contributed by atoms with van der Waals surface area (Å²) in [6.45, 7) is 9.88. The minimum atomic E-state index is -5.80. The van der Waals surface area contributed by atoms with Gasteiger partial charge in [-0.05, 0) is 102 Å². The third-order valence-electron chi connectivity index (χ3n) is 12.1. The average Bonchev–Trinajstić information content (AvgIpc) is 4.22. The number of hydrogen-bond acceptors (Lipinski definition) is 14. The second kappa shape index (κ2) is 25.4. The number of ether oxygens (including phenoxy) is 4. The van der Waals surface area contributed by atoms with Crippen molar-refractivity contribution in [3.63, 3.8) is 0 Å². The molecule has 0 spiro atoms. The van der Waals surface area contributed by atoms with Gasteiger partial charge in [0.05, 0.1) is 10.5 Å². The lowest BCUT2D eigenvalue weighted by molar-refractivity contribution is -0.309. The maximum atomic E-state index is 12.7. The maximum Gasteiger partial charge on any atom is 0.434 e. The first-order valence-electron chi connectivity index (χ1n) is 23.9. The van der Waals surface area contributed by atoms with E-state index >= 15 is 0 Å². The van der Waals surface area contributed by atoms with Gasteiger partial charge in [-0.15, -0.1) is 0 Å². The number of hydrogen-bond donors (Lipinski definition) is 2. The van der Waals surface area contributed by atoms with E-state index in [0.717, 1.165) is 33.8 Å². The lowest BCUT2D eigenvalue weighted by atomic mass is 10.1. The van der Waals surface area contributed by atoms with Gasteiger partial charge < -0.3 is 28.7 Å². The highest BCUT2D eigenvalue weighted by molar-refractivity contribution is 7.91. The molecule has 2 heterocycles. The Balaban J connectivity index is 0.000000305. The van der Waals surface area contributed by atoms with Gasteiger partial charge in [-0.3, -0.25) is 19.4 Å². The van der Waals surface area contributed by atoms with Crippen molar-refractivity contribution in [3.05, 3.63) is 58.7 Å². The van der Waals surface area contributed by atoms with Gasteiger partial charge in [-0.2, -0.15) is 52.7 Å². The number of sulfonamides is 2. The zero-order chi connectivity index (χ0) is 60.1. The van der Waals surface area contributed by atoms with Crippen LogP contribution in [0, 0.1) is 13.8 Å². The van der Waals surface area contributed by atoms with Crippen molar-refractivity contribution in [1.82, 2.24) is 24.3 Å². The van der Waals surface area contributed by atoms with E-state index in [1.807, 2.05) is 22.6 Å². The zero-order valence-corrected chi connectivity index (χ0v) is 45.6. The Labute approximate surface area is 452 Å². The third kappa shape index (κ3) is 20.5. The highest BCUT2D eigenvalue weighted by Crippen LogP contribution is 2.38. The van der Waals surface area contributed by atoms with Crippen molar-refractivity contribution >= 4 is 55.0 Å². The predicted molar refractivity (Wildman–Crippen MR) is 257 cm³/mol. The summed E-state index contributed by atoms with van der Waals surface area (Å²) in [7, 11) is -6.92. The number of rotatable bonds is 15. The second-order valence-corrected chi connectivity index (χ2v) is 24.1. The van der Waals surface area contributed by atoms with Crippen LogP contribution in [-0.4, -0.2) is 171 Å². The summed E-state index contributed by atoms with van der Waals surface area (Å²) in [5, 5.41) is 3.21. The normalized spacial score (nSPS) is 17.5. The summed E-state index contributed by atoms with van der Waals surface area (Å²) in [6, 6.07) is 10.5. The first-order valence-corrected chi connectivity index (χ1v) is 27.4. The summed E-state index contributed by atoms with van der Waals surface area (Å²) in [4.78, 5) is 53.4. The number of benzene rings is 2. The van der Waals surface area contributed by atoms with E-state index in [4.69, 9.17) is 26.2 Å². The SMILES string of the molecule is Cc1ccc(CN2CCN(C(=O)OC(C(F)(F)F)C(F)(F)F)CC2)c(OC(C)(C)C(=O)Cl)c1.Cc1ccc(CN2CCN(C(=O)OC(C(F)(F)F)C(F)(F)F)CC2)c(OC(C)(C)C(=O)NS(=O)(=O)C2CC2)c1.NS(=O)(=O)C1CC1. The second-order valence-electron chi connectivity index (χ2n) is 19.9. The molecule has 6 rings (SSSR count). The number of carbonyl (C=O) groups is 4. The monoisotopic (exact) mass is 1210 g/mol. The molecule has 0 atom stereocenters. The fourth-order valence-corrected chi connectivity index (χ4v) is 9.43. The summed E-state index contributed by atoms with van der Waals surface area (Å²) in [6.07, 6.45) is -32.5. The Morgan fingerprint density at radius 2 is 0.911 bits per heavy atom. The van der Waals surface area contributed by atoms with E-state index in [1.54, 1.807) is 42.2 Å². The number of halogens is 13. The Morgan fingerprint density at radius 1 is 0.582 bits per heavy atom. The highest BCUT2D eigenvalue weighted by atomic mass is 35.5. The van der Waals surface area contributed by atoms with Crippen molar-refractivity contribution in [2.45, 2.75) is 139 Å². The molecule has 18 nitrogen and oxygen atoms in total. The van der Waals surface area contributed by atoms with E-state index in [9.17, 15) is 88.7 Å². The largest absolute Gasteiger partial charge is 0.478 e. The lowest BCUT2D eigenvalue weighted by Gasteiger charge is -2.35. The van der Waals surface area contributed by atoms with E-state index in [-0.39, 0.29) is 64.2 Å². The van der Waals surface area contributed by atoms with E-state index < -0.39 is 96.7 Å². The summed E-state index contributed by atoms with van der Waals surface area (Å²) < 4.78 is 218. The van der Waals surface area contributed by atoms with E-state index in [2.05, 4.69) is 9.47 Å². The van der Waals surface area contributed by atoms with E-state index in [0.29, 0.717) is 42.0 Å². The molecule has 2 aliphatic carbocycles. The molecule has 4 aliphatic rings. The number of piperazine rings is 2. The van der Waals surface area contributed by atoms with Crippen LogP contribution in [0.2, 0.25) is 0 Å². The molecule has 2 saturated carbocycles. The molecule has 4 fully saturated rings. The molecule has 3 amide bonds. The molecule has 2 aromatic rings. The molecule has 2 aromatic carbocycles. The summed E-state index contributed by atoms with van der Waals surface area (Å²) in [5.41, 5.74) is 0.0733.